The Morgan fingerprint density at radius 3 is 2.82 bits per heavy atom. The molecule has 1 atom stereocenters. The molecule has 1 amide bonds. The van der Waals surface area contributed by atoms with E-state index < -0.39 is 0 Å². The molecule has 0 aliphatic rings. The van der Waals surface area contributed by atoms with Gasteiger partial charge in [-0.25, -0.2) is 4.98 Å². The zero-order chi connectivity index (χ0) is 20.1. The summed E-state index contributed by atoms with van der Waals surface area (Å²) in [7, 11) is 1.67. The van der Waals surface area contributed by atoms with Crippen molar-refractivity contribution < 1.29 is 9.53 Å². The number of nitrogens with one attached hydrogen (secondary N) is 1. The second kappa shape index (κ2) is 9.65. The van der Waals surface area contributed by atoms with E-state index >= 15 is 0 Å². The number of carbonyl (C=O) groups excluding carboxylic acids is 1. The third-order valence-electron chi connectivity index (χ3n) is 4.28. The standard InChI is InChI=1S/C20H21Cl2N3O2S/c1-13(15-8-7-14(21)11-16(15)22)23-19(26)12-28-20-24-17-5-3-4-6-18(17)25(20)9-10-27-2/h3-8,11,13H,9-10,12H2,1-2H3,(H,23,26)/t13-/m0/s1. The zero-order valence-corrected chi connectivity index (χ0v) is 17.9. The Hall–Kier alpha value is -1.73. The highest BCUT2D eigenvalue weighted by molar-refractivity contribution is 7.99. The maximum Gasteiger partial charge on any atom is 0.230 e. The fourth-order valence-electron chi connectivity index (χ4n) is 2.91. The van der Waals surface area contributed by atoms with Gasteiger partial charge in [0.25, 0.3) is 0 Å². The van der Waals surface area contributed by atoms with E-state index in [4.69, 9.17) is 27.9 Å². The fourth-order valence-corrected chi connectivity index (χ4v) is 4.33. The fraction of sp³-hybridized carbons (Fsp3) is 0.300. The first-order valence-electron chi connectivity index (χ1n) is 8.81. The van der Waals surface area contributed by atoms with E-state index in [1.807, 2.05) is 37.3 Å². The highest BCUT2D eigenvalue weighted by Gasteiger charge is 2.16. The molecule has 1 heterocycles. The maximum atomic E-state index is 12.5. The van der Waals surface area contributed by atoms with Gasteiger partial charge in [0.15, 0.2) is 5.16 Å². The molecule has 3 rings (SSSR count). The molecule has 0 radical (unpaired) electrons. The van der Waals surface area contributed by atoms with Crippen LogP contribution in [0.25, 0.3) is 11.0 Å². The number of imidazole rings is 1. The first kappa shape index (κ1) is 21.0. The molecule has 0 aliphatic heterocycles. The molecule has 0 saturated heterocycles. The first-order valence-corrected chi connectivity index (χ1v) is 10.5. The molecule has 0 unspecified atom stereocenters. The number of rotatable bonds is 8. The summed E-state index contributed by atoms with van der Waals surface area (Å²) in [6.07, 6.45) is 0. The average Bonchev–Trinajstić information content (AvgIpc) is 3.02. The summed E-state index contributed by atoms with van der Waals surface area (Å²) in [6, 6.07) is 13.0. The zero-order valence-electron chi connectivity index (χ0n) is 15.6. The maximum absolute atomic E-state index is 12.5. The van der Waals surface area contributed by atoms with Crippen LogP contribution in [0, 0.1) is 0 Å². The van der Waals surface area contributed by atoms with Crippen LogP contribution in [0.15, 0.2) is 47.6 Å². The number of benzene rings is 2. The number of nitrogens with zero attached hydrogens (tertiary/aromatic N) is 2. The van der Waals surface area contributed by atoms with Crippen LogP contribution in [0.2, 0.25) is 10.0 Å². The molecule has 0 spiro atoms. The molecule has 1 N–H and O–H groups in total. The van der Waals surface area contributed by atoms with Crippen molar-refractivity contribution in [1.29, 1.82) is 0 Å². The summed E-state index contributed by atoms with van der Waals surface area (Å²) in [6.45, 7) is 3.15. The van der Waals surface area contributed by atoms with Gasteiger partial charge in [-0.05, 0) is 36.8 Å². The van der Waals surface area contributed by atoms with Crippen LogP contribution < -0.4 is 5.32 Å². The van der Waals surface area contributed by atoms with E-state index in [1.54, 1.807) is 19.2 Å². The minimum absolute atomic E-state index is 0.0890. The molecular formula is C20H21Cl2N3O2S. The Bertz CT molecular complexity index is 977. The average molecular weight is 438 g/mol. The molecule has 2 aromatic carbocycles. The summed E-state index contributed by atoms with van der Waals surface area (Å²) in [5, 5.41) is 4.87. The van der Waals surface area contributed by atoms with E-state index in [0.29, 0.717) is 23.2 Å². The van der Waals surface area contributed by atoms with Crippen molar-refractivity contribution in [1.82, 2.24) is 14.9 Å². The van der Waals surface area contributed by atoms with Crippen molar-refractivity contribution in [2.24, 2.45) is 0 Å². The molecule has 0 fully saturated rings. The van der Waals surface area contributed by atoms with Crippen LogP contribution in [0.1, 0.15) is 18.5 Å². The third kappa shape index (κ3) is 5.00. The highest BCUT2D eigenvalue weighted by Crippen LogP contribution is 2.27. The summed E-state index contributed by atoms with van der Waals surface area (Å²) in [4.78, 5) is 17.1. The lowest BCUT2D eigenvalue weighted by atomic mass is 10.1. The Morgan fingerprint density at radius 1 is 1.29 bits per heavy atom. The van der Waals surface area contributed by atoms with E-state index in [0.717, 1.165) is 21.8 Å². The molecule has 0 saturated carbocycles. The number of carbonyl (C=O) groups is 1. The Labute approximate surface area is 178 Å². The lowest BCUT2D eigenvalue weighted by Crippen LogP contribution is -2.28. The molecule has 1 aromatic heterocycles. The van der Waals surface area contributed by atoms with Crippen LogP contribution in [0.4, 0.5) is 0 Å². The van der Waals surface area contributed by atoms with Crippen molar-refractivity contribution in [2.75, 3.05) is 19.5 Å². The van der Waals surface area contributed by atoms with Crippen molar-refractivity contribution >= 4 is 51.9 Å². The number of thioether (sulfide) groups is 1. The SMILES string of the molecule is COCCn1c(SCC(=O)N[C@@H](C)c2ccc(Cl)cc2Cl)nc2ccccc21. The second-order valence-electron chi connectivity index (χ2n) is 6.27. The van der Waals surface area contributed by atoms with Gasteiger partial charge in [-0.15, -0.1) is 0 Å². The Morgan fingerprint density at radius 2 is 2.07 bits per heavy atom. The molecule has 8 heteroatoms. The molecule has 3 aromatic rings. The number of halogens is 2. The van der Waals surface area contributed by atoms with Crippen LogP contribution in [0.5, 0.6) is 0 Å². The normalized spacial score (nSPS) is 12.3. The summed E-state index contributed by atoms with van der Waals surface area (Å²) >= 11 is 13.6. The molecule has 0 bridgehead atoms. The van der Waals surface area contributed by atoms with Gasteiger partial charge in [-0.2, -0.15) is 0 Å². The largest absolute Gasteiger partial charge is 0.383 e. The Kier molecular flexibility index (Phi) is 7.24. The summed E-state index contributed by atoms with van der Waals surface area (Å²) in [5.74, 6) is 0.167. The predicted molar refractivity (Wildman–Crippen MR) is 115 cm³/mol. The summed E-state index contributed by atoms with van der Waals surface area (Å²) in [5.41, 5.74) is 2.77. The van der Waals surface area contributed by atoms with Crippen molar-refractivity contribution in [3.8, 4) is 0 Å². The lowest BCUT2D eigenvalue weighted by molar-refractivity contribution is -0.119. The van der Waals surface area contributed by atoms with Gasteiger partial charge in [-0.3, -0.25) is 4.79 Å². The van der Waals surface area contributed by atoms with Crippen LogP contribution in [0.3, 0.4) is 0 Å². The molecule has 5 nitrogen and oxygen atoms in total. The number of methoxy groups -OCH3 is 1. The molecule has 148 valence electrons. The van der Waals surface area contributed by atoms with E-state index in [9.17, 15) is 4.79 Å². The number of hydrogen-bond donors (Lipinski definition) is 1. The number of para-hydroxylation sites is 2. The molecule has 28 heavy (non-hydrogen) atoms. The van der Waals surface area contributed by atoms with Gasteiger partial charge in [-0.1, -0.05) is 53.2 Å². The van der Waals surface area contributed by atoms with Crippen molar-refractivity contribution in [3.63, 3.8) is 0 Å². The number of hydrogen-bond acceptors (Lipinski definition) is 4. The lowest BCUT2D eigenvalue weighted by Gasteiger charge is -2.16. The van der Waals surface area contributed by atoms with Gasteiger partial charge in [0.1, 0.15) is 0 Å². The van der Waals surface area contributed by atoms with Gasteiger partial charge in [0, 0.05) is 23.7 Å². The quantitative estimate of drug-likeness (QED) is 0.505. The molecule has 0 aliphatic carbocycles. The Balaban J connectivity index is 1.67. The van der Waals surface area contributed by atoms with Gasteiger partial charge < -0.3 is 14.6 Å². The number of amides is 1. The number of aromatic nitrogens is 2. The topological polar surface area (TPSA) is 56.1 Å². The van der Waals surface area contributed by atoms with E-state index in [1.165, 1.54) is 11.8 Å². The van der Waals surface area contributed by atoms with E-state index in [2.05, 4.69) is 14.9 Å². The third-order valence-corrected chi connectivity index (χ3v) is 5.82. The minimum Gasteiger partial charge on any atom is -0.383 e. The van der Waals surface area contributed by atoms with E-state index in [-0.39, 0.29) is 17.7 Å². The second-order valence-corrected chi connectivity index (χ2v) is 8.06. The monoisotopic (exact) mass is 437 g/mol. The van der Waals surface area contributed by atoms with Gasteiger partial charge >= 0.3 is 0 Å². The first-order chi connectivity index (χ1) is 13.5. The van der Waals surface area contributed by atoms with Crippen LogP contribution in [-0.2, 0) is 16.1 Å². The molecular weight excluding hydrogens is 417 g/mol. The van der Waals surface area contributed by atoms with Crippen LogP contribution >= 0.6 is 35.0 Å². The predicted octanol–water partition coefficient (Wildman–Crippen LogP) is 4.96. The van der Waals surface area contributed by atoms with Crippen molar-refractivity contribution in [3.05, 3.63) is 58.1 Å². The minimum atomic E-state index is -0.217. The number of ether oxygens (including phenoxy) is 1. The number of fused-ring (bicyclic) bond motifs is 1. The highest BCUT2D eigenvalue weighted by atomic mass is 35.5. The smallest absolute Gasteiger partial charge is 0.230 e. The van der Waals surface area contributed by atoms with Gasteiger partial charge in [0.2, 0.25) is 5.91 Å². The van der Waals surface area contributed by atoms with Crippen LogP contribution in [-0.4, -0.2) is 34.9 Å². The van der Waals surface area contributed by atoms with Gasteiger partial charge in [0.05, 0.1) is 29.4 Å². The summed E-state index contributed by atoms with van der Waals surface area (Å²) < 4.78 is 7.29. The van der Waals surface area contributed by atoms with Crippen molar-refractivity contribution in [2.45, 2.75) is 24.7 Å².